The van der Waals surface area contributed by atoms with E-state index in [1.165, 1.54) is 13.3 Å². The van der Waals surface area contributed by atoms with Crippen LogP contribution in [0.1, 0.15) is 11.8 Å². The molecular formula is C13H22N3O8PS. The summed E-state index contributed by atoms with van der Waals surface area (Å²) in [5, 5.41) is 9.56. The molecule has 11 nitrogen and oxygen atoms in total. The van der Waals surface area contributed by atoms with E-state index in [0.717, 1.165) is 4.57 Å². The Balaban J connectivity index is 2.40. The molecule has 5 N–H and O–H groups in total. The highest BCUT2D eigenvalue weighted by atomic mass is 32.5. The topological polar surface area (TPSA) is 159 Å². The monoisotopic (exact) mass is 411 g/mol. The van der Waals surface area contributed by atoms with Crippen LogP contribution in [0.2, 0.25) is 0 Å². The maximum atomic E-state index is 12.2. The number of hydrogen-bond acceptors (Lipinski definition) is 9. The third-order valence-corrected chi connectivity index (χ3v) is 4.55. The third-order valence-electron chi connectivity index (χ3n) is 3.77. The zero-order valence-corrected chi connectivity index (χ0v) is 15.9. The third kappa shape index (κ3) is 5.06. The Morgan fingerprint density at radius 1 is 1.42 bits per heavy atom. The molecule has 0 aromatic carbocycles. The number of hydrogen-bond donors (Lipinski definition) is 4. The highest BCUT2D eigenvalue weighted by Gasteiger charge is 2.49. The van der Waals surface area contributed by atoms with Crippen molar-refractivity contribution in [2.45, 2.75) is 31.5 Å². The molecule has 0 amide bonds. The molecule has 1 saturated heterocycles. The number of rotatable bonds is 8. The Morgan fingerprint density at radius 2 is 2.12 bits per heavy atom. The molecule has 0 unspecified atom stereocenters. The molecular weight excluding hydrogens is 389 g/mol. The fraction of sp³-hybridized carbons (Fsp3) is 0.692. The van der Waals surface area contributed by atoms with Crippen LogP contribution in [0, 0.1) is 6.92 Å². The van der Waals surface area contributed by atoms with Crippen LogP contribution in [0.15, 0.2) is 11.0 Å². The van der Waals surface area contributed by atoms with E-state index in [1.54, 1.807) is 6.92 Å². The number of ether oxygens (including phenoxy) is 3. The fourth-order valence-electron chi connectivity index (χ4n) is 2.57. The van der Waals surface area contributed by atoms with Gasteiger partial charge in [-0.25, -0.2) is 4.79 Å². The number of methoxy groups -OCH3 is 1. The zero-order chi connectivity index (χ0) is 19.5. The first kappa shape index (κ1) is 21.4. The predicted molar refractivity (Wildman–Crippen MR) is 93.9 cm³/mol. The van der Waals surface area contributed by atoms with Gasteiger partial charge in [-0.05, 0) is 18.7 Å². The first-order chi connectivity index (χ1) is 12.2. The summed E-state index contributed by atoms with van der Waals surface area (Å²) in [4.78, 5) is 35.0. The van der Waals surface area contributed by atoms with Crippen molar-refractivity contribution in [2.24, 2.45) is 0 Å². The van der Waals surface area contributed by atoms with Crippen molar-refractivity contribution in [1.82, 2.24) is 9.55 Å². The number of aliphatic hydroxyl groups is 1. The molecule has 1 aromatic heterocycles. The standard InChI is InChI=1S/C13H22N3O8PS/c1-7-5-16(13(18)15-11(7)14)12-10(22-4-3-21-2)9(8(6-17)23-12)24-25(19,20)26/h5,8-10,12,17H,3-4,6H2,1-2H3,(H2,14,15,18)(H2,19,20,26)/t8-,9-,10-,12-/m1/s1. The first-order valence-electron chi connectivity index (χ1n) is 7.64. The Labute approximate surface area is 154 Å². The van der Waals surface area contributed by atoms with E-state index in [1.807, 2.05) is 0 Å². The van der Waals surface area contributed by atoms with Crippen molar-refractivity contribution in [3.05, 3.63) is 22.2 Å². The molecule has 2 rings (SSSR count). The van der Waals surface area contributed by atoms with E-state index < -0.39 is 43.6 Å². The van der Waals surface area contributed by atoms with E-state index in [9.17, 15) is 19.7 Å². The lowest BCUT2D eigenvalue weighted by molar-refractivity contribution is -0.0812. The maximum absolute atomic E-state index is 12.2. The summed E-state index contributed by atoms with van der Waals surface area (Å²) in [5.74, 6) is 0.0776. The lowest BCUT2D eigenvalue weighted by Gasteiger charge is -2.26. The first-order valence-corrected chi connectivity index (χ1v) is 10.3. The summed E-state index contributed by atoms with van der Waals surface area (Å²) < 4.78 is 22.5. The van der Waals surface area contributed by atoms with Gasteiger partial charge in [-0.1, -0.05) is 0 Å². The Hall–Kier alpha value is -0.950. The molecule has 4 atom stereocenters. The second kappa shape index (κ2) is 8.83. The Morgan fingerprint density at radius 3 is 2.69 bits per heavy atom. The molecule has 0 aliphatic carbocycles. The Kier molecular flexibility index (Phi) is 7.25. The number of nitrogens with zero attached hydrogens (tertiary/aromatic N) is 2. The quantitative estimate of drug-likeness (QED) is 0.296. The Bertz CT molecular complexity index is 726. The molecule has 0 saturated carbocycles. The van der Waals surface area contributed by atoms with Crippen LogP contribution < -0.4 is 11.4 Å². The van der Waals surface area contributed by atoms with Crippen molar-refractivity contribution in [3.63, 3.8) is 0 Å². The molecule has 1 aliphatic heterocycles. The summed E-state index contributed by atoms with van der Waals surface area (Å²) in [5.41, 5.74) is 5.47. The van der Waals surface area contributed by atoms with Crippen LogP contribution in [0.5, 0.6) is 0 Å². The van der Waals surface area contributed by atoms with E-state index in [-0.39, 0.29) is 19.0 Å². The smallest absolute Gasteiger partial charge is 0.351 e. The van der Waals surface area contributed by atoms with Crippen molar-refractivity contribution in [2.75, 3.05) is 32.7 Å². The fourth-order valence-corrected chi connectivity index (χ4v) is 3.44. The molecule has 2 heterocycles. The van der Waals surface area contributed by atoms with Crippen molar-refractivity contribution in [1.29, 1.82) is 0 Å². The van der Waals surface area contributed by atoms with Crippen LogP contribution in [0.3, 0.4) is 0 Å². The van der Waals surface area contributed by atoms with Crippen LogP contribution in [0.25, 0.3) is 0 Å². The van der Waals surface area contributed by atoms with Gasteiger partial charge in [0.2, 0.25) is 0 Å². The lowest BCUT2D eigenvalue weighted by atomic mass is 10.1. The van der Waals surface area contributed by atoms with Gasteiger partial charge >= 0.3 is 12.4 Å². The lowest BCUT2D eigenvalue weighted by Crippen LogP contribution is -2.40. The summed E-state index contributed by atoms with van der Waals surface area (Å²) in [7, 11) is 1.48. The van der Waals surface area contributed by atoms with Gasteiger partial charge in [0.05, 0.1) is 19.8 Å². The molecule has 1 fully saturated rings. The summed E-state index contributed by atoms with van der Waals surface area (Å²) >= 11 is 4.51. The molecule has 0 radical (unpaired) electrons. The van der Waals surface area contributed by atoms with Crippen molar-refractivity contribution < 1.29 is 33.6 Å². The minimum absolute atomic E-state index is 0.0776. The minimum atomic E-state index is -4.08. The molecule has 1 aliphatic rings. The molecule has 26 heavy (non-hydrogen) atoms. The van der Waals surface area contributed by atoms with E-state index in [4.69, 9.17) is 24.5 Å². The van der Waals surface area contributed by atoms with Crippen molar-refractivity contribution in [3.8, 4) is 0 Å². The van der Waals surface area contributed by atoms with Gasteiger partial charge in [0, 0.05) is 18.9 Å². The zero-order valence-electron chi connectivity index (χ0n) is 14.2. The van der Waals surface area contributed by atoms with E-state index in [0.29, 0.717) is 5.56 Å². The van der Waals surface area contributed by atoms with Crippen LogP contribution in [0.4, 0.5) is 5.82 Å². The van der Waals surface area contributed by atoms with E-state index in [2.05, 4.69) is 16.8 Å². The second-order valence-electron chi connectivity index (χ2n) is 5.64. The van der Waals surface area contributed by atoms with Gasteiger partial charge in [0.25, 0.3) is 0 Å². The SMILES string of the molecule is COCCO[C@@H]1[C@H](OP(O)(O)=S)[C@@H](CO)O[C@H]1n1cc(C)c(N)nc1=O. The van der Waals surface area contributed by atoms with E-state index >= 15 is 0 Å². The largest absolute Gasteiger partial charge is 0.394 e. The highest BCUT2D eigenvalue weighted by molar-refractivity contribution is 8.06. The summed E-state index contributed by atoms with van der Waals surface area (Å²) in [6.45, 7) is -2.60. The molecule has 148 valence electrons. The van der Waals surface area contributed by atoms with Gasteiger partial charge in [-0.15, -0.1) is 0 Å². The van der Waals surface area contributed by atoms with Crippen LogP contribution in [-0.2, 0) is 30.5 Å². The molecule has 0 bridgehead atoms. The van der Waals surface area contributed by atoms with Gasteiger partial charge in [-0.2, -0.15) is 4.98 Å². The number of nitrogen functional groups attached to an aromatic ring is 1. The van der Waals surface area contributed by atoms with Gasteiger partial charge in [0.15, 0.2) is 6.23 Å². The van der Waals surface area contributed by atoms with Crippen LogP contribution >= 0.6 is 6.72 Å². The van der Waals surface area contributed by atoms with Gasteiger partial charge in [-0.3, -0.25) is 9.09 Å². The normalized spacial score (nSPS) is 26.3. The number of aromatic nitrogens is 2. The number of nitrogens with two attached hydrogens (primary N) is 1. The molecule has 1 aromatic rings. The molecule has 13 heteroatoms. The second-order valence-corrected chi connectivity index (χ2v) is 8.25. The summed E-state index contributed by atoms with van der Waals surface area (Å²) in [6, 6.07) is 0. The highest BCUT2D eigenvalue weighted by Crippen LogP contribution is 2.44. The number of anilines is 1. The number of aryl methyl sites for hydroxylation is 1. The minimum Gasteiger partial charge on any atom is -0.394 e. The molecule has 0 spiro atoms. The maximum Gasteiger partial charge on any atom is 0.351 e. The van der Waals surface area contributed by atoms with Crippen LogP contribution in [-0.4, -0.2) is 69.7 Å². The van der Waals surface area contributed by atoms with Crippen molar-refractivity contribution >= 4 is 24.3 Å². The average molecular weight is 411 g/mol. The summed E-state index contributed by atoms with van der Waals surface area (Å²) in [6.07, 6.45) is -2.71. The number of aliphatic hydroxyl groups excluding tert-OH is 1. The van der Waals surface area contributed by atoms with Gasteiger partial charge < -0.3 is 34.8 Å². The average Bonchev–Trinajstić information content (AvgIpc) is 2.87. The predicted octanol–water partition coefficient (Wildman–Crippen LogP) is -1.35. The van der Waals surface area contributed by atoms with Gasteiger partial charge in [0.1, 0.15) is 24.1 Å².